The quantitative estimate of drug-likeness (QED) is 0.925. The summed E-state index contributed by atoms with van der Waals surface area (Å²) in [5, 5.41) is 10.2. The molecule has 1 aliphatic heterocycles. The highest BCUT2D eigenvalue weighted by Crippen LogP contribution is 2.51. The minimum absolute atomic E-state index is 0.0415. The molecule has 1 spiro atoms. The first-order chi connectivity index (χ1) is 10.1. The molecule has 2 aliphatic rings. The third-order valence-electron chi connectivity index (χ3n) is 5.42. The third-order valence-corrected chi connectivity index (χ3v) is 5.42. The SMILES string of the molecule is CCOC1CC(O)C12CCN(Cc1ccc(C)cc1)CC2. The zero-order chi connectivity index (χ0) is 14.9. The van der Waals surface area contributed by atoms with Crippen LogP contribution in [0.3, 0.4) is 0 Å². The number of likely N-dealkylation sites (tertiary alicyclic amines) is 1. The molecule has 3 heteroatoms. The molecule has 3 rings (SSSR count). The van der Waals surface area contributed by atoms with E-state index in [1.54, 1.807) is 0 Å². The summed E-state index contributed by atoms with van der Waals surface area (Å²) >= 11 is 0. The molecule has 0 radical (unpaired) electrons. The summed E-state index contributed by atoms with van der Waals surface area (Å²) in [7, 11) is 0. The van der Waals surface area contributed by atoms with Gasteiger partial charge in [0.1, 0.15) is 0 Å². The molecule has 2 unspecified atom stereocenters. The smallest absolute Gasteiger partial charge is 0.0681 e. The number of aliphatic hydroxyl groups excluding tert-OH is 1. The number of hydrogen-bond acceptors (Lipinski definition) is 3. The monoisotopic (exact) mass is 289 g/mol. The Hall–Kier alpha value is -0.900. The second kappa shape index (κ2) is 6.07. The van der Waals surface area contributed by atoms with Crippen LogP contribution in [0.1, 0.15) is 37.3 Å². The van der Waals surface area contributed by atoms with E-state index >= 15 is 0 Å². The Kier molecular flexibility index (Phi) is 4.34. The number of piperidine rings is 1. The van der Waals surface area contributed by atoms with Crippen LogP contribution in [0.2, 0.25) is 0 Å². The van der Waals surface area contributed by atoms with Gasteiger partial charge in [0.15, 0.2) is 0 Å². The maximum atomic E-state index is 10.2. The van der Waals surface area contributed by atoms with Gasteiger partial charge in [0.25, 0.3) is 0 Å². The molecule has 116 valence electrons. The Morgan fingerprint density at radius 2 is 1.90 bits per heavy atom. The van der Waals surface area contributed by atoms with Gasteiger partial charge in [-0.15, -0.1) is 0 Å². The van der Waals surface area contributed by atoms with Crippen LogP contribution in [0.4, 0.5) is 0 Å². The summed E-state index contributed by atoms with van der Waals surface area (Å²) in [5.41, 5.74) is 2.74. The van der Waals surface area contributed by atoms with Gasteiger partial charge in [-0.1, -0.05) is 29.8 Å². The topological polar surface area (TPSA) is 32.7 Å². The summed E-state index contributed by atoms with van der Waals surface area (Å²) in [6, 6.07) is 8.81. The van der Waals surface area contributed by atoms with Crippen molar-refractivity contribution in [2.45, 2.75) is 51.9 Å². The Morgan fingerprint density at radius 1 is 1.24 bits per heavy atom. The van der Waals surface area contributed by atoms with Gasteiger partial charge < -0.3 is 9.84 Å². The normalized spacial score (nSPS) is 28.5. The first-order valence-electron chi connectivity index (χ1n) is 8.21. The fourth-order valence-corrected chi connectivity index (χ4v) is 3.90. The average molecular weight is 289 g/mol. The second-order valence-electron chi connectivity index (χ2n) is 6.69. The van der Waals surface area contributed by atoms with Crippen molar-refractivity contribution in [2.24, 2.45) is 5.41 Å². The van der Waals surface area contributed by atoms with Gasteiger partial charge in [-0.3, -0.25) is 4.90 Å². The van der Waals surface area contributed by atoms with Crippen LogP contribution in [-0.2, 0) is 11.3 Å². The first kappa shape index (κ1) is 15.0. The summed E-state index contributed by atoms with van der Waals surface area (Å²) in [4.78, 5) is 2.50. The molecule has 0 bridgehead atoms. The minimum atomic E-state index is -0.157. The highest BCUT2D eigenvalue weighted by Gasteiger charge is 2.55. The summed E-state index contributed by atoms with van der Waals surface area (Å²) in [5.74, 6) is 0. The van der Waals surface area contributed by atoms with E-state index in [1.807, 2.05) is 6.92 Å². The summed E-state index contributed by atoms with van der Waals surface area (Å²) < 4.78 is 5.83. The summed E-state index contributed by atoms with van der Waals surface area (Å²) in [6.07, 6.45) is 3.07. The lowest BCUT2D eigenvalue weighted by molar-refractivity contribution is -0.209. The lowest BCUT2D eigenvalue weighted by atomic mass is 9.58. The average Bonchev–Trinajstić information content (AvgIpc) is 2.50. The molecular weight excluding hydrogens is 262 g/mol. The van der Waals surface area contributed by atoms with Crippen molar-refractivity contribution in [2.75, 3.05) is 19.7 Å². The van der Waals surface area contributed by atoms with Crippen molar-refractivity contribution in [3.05, 3.63) is 35.4 Å². The van der Waals surface area contributed by atoms with Crippen LogP contribution in [0.25, 0.3) is 0 Å². The van der Waals surface area contributed by atoms with Crippen molar-refractivity contribution in [1.29, 1.82) is 0 Å². The molecule has 1 aliphatic carbocycles. The van der Waals surface area contributed by atoms with Crippen molar-refractivity contribution in [3.63, 3.8) is 0 Å². The van der Waals surface area contributed by atoms with Gasteiger partial charge in [0.2, 0.25) is 0 Å². The molecule has 1 aromatic rings. The molecule has 1 saturated carbocycles. The number of hydrogen-bond donors (Lipinski definition) is 1. The number of rotatable bonds is 4. The lowest BCUT2D eigenvalue weighted by Gasteiger charge is -2.56. The molecule has 2 atom stereocenters. The fraction of sp³-hybridized carbons (Fsp3) is 0.667. The molecule has 1 aromatic carbocycles. The van der Waals surface area contributed by atoms with E-state index in [0.29, 0.717) is 0 Å². The van der Waals surface area contributed by atoms with Crippen LogP contribution < -0.4 is 0 Å². The number of nitrogens with zero attached hydrogens (tertiary/aromatic N) is 1. The predicted molar refractivity (Wildman–Crippen MR) is 84.2 cm³/mol. The number of benzene rings is 1. The zero-order valence-corrected chi connectivity index (χ0v) is 13.2. The van der Waals surface area contributed by atoms with Crippen LogP contribution in [-0.4, -0.2) is 41.9 Å². The van der Waals surface area contributed by atoms with Gasteiger partial charge in [0, 0.05) is 25.0 Å². The molecular formula is C18H27NO2. The molecule has 1 heterocycles. The van der Waals surface area contributed by atoms with Crippen LogP contribution in [0, 0.1) is 12.3 Å². The molecule has 1 N–H and O–H groups in total. The minimum Gasteiger partial charge on any atom is -0.392 e. The first-order valence-corrected chi connectivity index (χ1v) is 8.21. The van der Waals surface area contributed by atoms with Gasteiger partial charge >= 0.3 is 0 Å². The predicted octanol–water partition coefficient (Wildman–Crippen LogP) is 2.75. The highest BCUT2D eigenvalue weighted by molar-refractivity contribution is 5.21. The Morgan fingerprint density at radius 3 is 2.48 bits per heavy atom. The summed E-state index contributed by atoms with van der Waals surface area (Å²) in [6.45, 7) is 8.08. The van der Waals surface area contributed by atoms with Gasteiger partial charge in [-0.2, -0.15) is 0 Å². The van der Waals surface area contributed by atoms with Crippen LogP contribution in [0.15, 0.2) is 24.3 Å². The van der Waals surface area contributed by atoms with E-state index in [0.717, 1.165) is 45.5 Å². The molecule has 1 saturated heterocycles. The zero-order valence-electron chi connectivity index (χ0n) is 13.2. The third kappa shape index (κ3) is 2.87. The van der Waals surface area contributed by atoms with Gasteiger partial charge in [-0.05, 0) is 45.3 Å². The van der Waals surface area contributed by atoms with E-state index in [-0.39, 0.29) is 17.6 Å². The maximum Gasteiger partial charge on any atom is 0.0681 e. The van der Waals surface area contributed by atoms with Gasteiger partial charge in [-0.25, -0.2) is 0 Å². The van der Waals surface area contributed by atoms with Crippen LogP contribution in [0.5, 0.6) is 0 Å². The van der Waals surface area contributed by atoms with Gasteiger partial charge in [0.05, 0.1) is 12.2 Å². The molecule has 0 aromatic heterocycles. The fourth-order valence-electron chi connectivity index (χ4n) is 3.90. The van der Waals surface area contributed by atoms with E-state index in [1.165, 1.54) is 11.1 Å². The standard InChI is InChI=1S/C18H27NO2/c1-3-21-17-12-16(20)18(17)8-10-19(11-9-18)13-15-6-4-14(2)5-7-15/h4-7,16-17,20H,3,8-13H2,1-2H3. The maximum absolute atomic E-state index is 10.2. The van der Waals surface area contributed by atoms with Crippen LogP contribution >= 0.6 is 0 Å². The number of aryl methyl sites for hydroxylation is 1. The number of ether oxygens (including phenoxy) is 1. The second-order valence-corrected chi connectivity index (χ2v) is 6.69. The Balaban J connectivity index is 1.56. The van der Waals surface area contributed by atoms with E-state index in [2.05, 4.69) is 36.1 Å². The van der Waals surface area contributed by atoms with Crippen molar-refractivity contribution < 1.29 is 9.84 Å². The molecule has 21 heavy (non-hydrogen) atoms. The lowest BCUT2D eigenvalue weighted by Crippen LogP contribution is -2.62. The highest BCUT2D eigenvalue weighted by atomic mass is 16.5. The molecule has 0 amide bonds. The van der Waals surface area contributed by atoms with Crippen molar-refractivity contribution in [3.8, 4) is 0 Å². The van der Waals surface area contributed by atoms with Crippen molar-refractivity contribution >= 4 is 0 Å². The largest absolute Gasteiger partial charge is 0.392 e. The van der Waals surface area contributed by atoms with Crippen molar-refractivity contribution in [1.82, 2.24) is 4.90 Å². The number of aliphatic hydroxyl groups is 1. The van der Waals surface area contributed by atoms with E-state index in [4.69, 9.17) is 4.74 Å². The Labute approximate surface area is 127 Å². The Bertz CT molecular complexity index is 461. The molecule has 3 nitrogen and oxygen atoms in total. The van der Waals surface area contributed by atoms with E-state index in [9.17, 15) is 5.11 Å². The van der Waals surface area contributed by atoms with E-state index < -0.39 is 0 Å². The molecule has 2 fully saturated rings.